The molecule has 3 aromatic rings. The van der Waals surface area contributed by atoms with E-state index in [1.165, 1.54) is 0 Å². The maximum Gasteiger partial charge on any atom is 0.222 e. The molecule has 120 valence electrons. The van der Waals surface area contributed by atoms with Gasteiger partial charge in [-0.05, 0) is 37.6 Å². The van der Waals surface area contributed by atoms with Crippen LogP contribution in [0.5, 0.6) is 0 Å². The van der Waals surface area contributed by atoms with Gasteiger partial charge in [0, 0.05) is 21.9 Å². The van der Waals surface area contributed by atoms with Gasteiger partial charge >= 0.3 is 0 Å². The number of hydrogen-bond donors (Lipinski definition) is 0. The number of rotatable bonds is 5. The van der Waals surface area contributed by atoms with Crippen LogP contribution < -0.4 is 0 Å². The van der Waals surface area contributed by atoms with Crippen LogP contribution in [0.25, 0.3) is 10.9 Å². The van der Waals surface area contributed by atoms with Crippen molar-refractivity contribution >= 4 is 43.3 Å². The molecule has 0 aliphatic heterocycles. The number of halogens is 1. The summed E-state index contributed by atoms with van der Waals surface area (Å²) in [5, 5.41) is 1.35. The summed E-state index contributed by atoms with van der Waals surface area (Å²) in [5.41, 5.74) is 2.03. The van der Waals surface area contributed by atoms with E-state index in [0.29, 0.717) is 16.5 Å². The van der Waals surface area contributed by atoms with Crippen molar-refractivity contribution in [3.8, 4) is 0 Å². The van der Waals surface area contributed by atoms with E-state index in [0.717, 1.165) is 27.3 Å². The first-order valence-corrected chi connectivity index (χ1v) is 10.5. The summed E-state index contributed by atoms with van der Waals surface area (Å²) in [6.07, 6.45) is 0.940. The van der Waals surface area contributed by atoms with Gasteiger partial charge in [0.05, 0.1) is 4.90 Å². The summed E-state index contributed by atoms with van der Waals surface area (Å²) in [6.45, 7) is 2.66. The third-order valence-corrected chi connectivity index (χ3v) is 6.44. The third-order valence-electron chi connectivity index (χ3n) is 3.89. The van der Waals surface area contributed by atoms with Crippen LogP contribution in [0.3, 0.4) is 0 Å². The Morgan fingerprint density at radius 3 is 2.43 bits per heavy atom. The van der Waals surface area contributed by atoms with Gasteiger partial charge in [0.2, 0.25) is 9.84 Å². The lowest BCUT2D eigenvalue weighted by Crippen LogP contribution is -2.10. The summed E-state index contributed by atoms with van der Waals surface area (Å²) in [7, 11) is -3.52. The van der Waals surface area contributed by atoms with Crippen molar-refractivity contribution in [2.75, 3.05) is 4.43 Å². The van der Waals surface area contributed by atoms with Crippen LogP contribution in [0.15, 0.2) is 64.5 Å². The van der Waals surface area contributed by atoms with Crippen molar-refractivity contribution in [3.05, 3.63) is 60.2 Å². The summed E-state index contributed by atoms with van der Waals surface area (Å²) in [5.74, 6) is 0. The van der Waals surface area contributed by atoms with Crippen LogP contribution >= 0.6 is 22.6 Å². The van der Waals surface area contributed by atoms with E-state index in [1.54, 1.807) is 18.2 Å². The van der Waals surface area contributed by atoms with E-state index in [2.05, 4.69) is 22.6 Å². The first-order valence-electron chi connectivity index (χ1n) is 7.50. The average molecular weight is 439 g/mol. The highest BCUT2D eigenvalue weighted by Gasteiger charge is 2.23. The zero-order valence-corrected chi connectivity index (χ0v) is 15.8. The van der Waals surface area contributed by atoms with E-state index in [1.807, 2.05) is 47.9 Å². The molecule has 2 aromatic carbocycles. The van der Waals surface area contributed by atoms with E-state index < -0.39 is 9.84 Å². The largest absolute Gasteiger partial charge is 0.331 e. The topological polar surface area (TPSA) is 39.1 Å². The number of benzene rings is 2. The van der Waals surface area contributed by atoms with Gasteiger partial charge in [-0.2, -0.15) is 0 Å². The SMILES string of the molecule is Cc1ccc(S(=O)(=O)c2cc3ccccc3n2CCCI)cc1. The summed E-state index contributed by atoms with van der Waals surface area (Å²) in [6, 6.07) is 16.7. The Morgan fingerprint density at radius 2 is 1.74 bits per heavy atom. The van der Waals surface area contributed by atoms with Gasteiger partial charge in [0.25, 0.3) is 0 Å². The van der Waals surface area contributed by atoms with Crippen molar-refractivity contribution < 1.29 is 8.42 Å². The van der Waals surface area contributed by atoms with E-state index in [4.69, 9.17) is 0 Å². The highest BCUT2D eigenvalue weighted by Crippen LogP contribution is 2.28. The summed E-state index contributed by atoms with van der Waals surface area (Å²) in [4.78, 5) is 0.349. The van der Waals surface area contributed by atoms with Crippen LogP contribution in [0.1, 0.15) is 12.0 Å². The molecular formula is C18H18INO2S. The molecule has 1 aromatic heterocycles. The second kappa shape index (κ2) is 6.65. The lowest BCUT2D eigenvalue weighted by atomic mass is 10.2. The fraction of sp³-hybridized carbons (Fsp3) is 0.222. The molecule has 0 aliphatic rings. The van der Waals surface area contributed by atoms with Gasteiger partial charge in [0.15, 0.2) is 0 Å². The normalized spacial score (nSPS) is 11.9. The van der Waals surface area contributed by atoms with Crippen molar-refractivity contribution in [2.45, 2.75) is 29.8 Å². The van der Waals surface area contributed by atoms with Crippen LogP contribution in [-0.2, 0) is 16.4 Å². The minimum atomic E-state index is -3.52. The number of para-hydroxylation sites is 1. The predicted molar refractivity (Wildman–Crippen MR) is 102 cm³/mol. The first kappa shape index (κ1) is 16.5. The van der Waals surface area contributed by atoms with Crippen LogP contribution in [0.4, 0.5) is 0 Å². The number of sulfone groups is 1. The van der Waals surface area contributed by atoms with E-state index in [-0.39, 0.29) is 0 Å². The van der Waals surface area contributed by atoms with Gasteiger partial charge in [-0.3, -0.25) is 0 Å². The van der Waals surface area contributed by atoms with Crippen molar-refractivity contribution in [1.29, 1.82) is 0 Å². The molecule has 23 heavy (non-hydrogen) atoms. The fourth-order valence-electron chi connectivity index (χ4n) is 2.69. The van der Waals surface area contributed by atoms with Gasteiger partial charge < -0.3 is 4.57 Å². The monoisotopic (exact) mass is 439 g/mol. The molecule has 5 heteroatoms. The Kier molecular flexibility index (Phi) is 4.77. The third kappa shape index (κ3) is 3.17. The van der Waals surface area contributed by atoms with Gasteiger partial charge in [0.1, 0.15) is 5.03 Å². The molecule has 0 radical (unpaired) electrons. The standard InChI is InChI=1S/C18H18INO2S/c1-14-7-9-16(10-8-14)23(21,22)18-13-15-5-2-3-6-17(15)20(18)12-4-11-19/h2-3,5-10,13H,4,11-12H2,1H3. The fourth-order valence-corrected chi connectivity index (χ4v) is 4.53. The van der Waals surface area contributed by atoms with Crippen molar-refractivity contribution in [3.63, 3.8) is 0 Å². The molecule has 0 amide bonds. The maximum absolute atomic E-state index is 13.1. The molecular weight excluding hydrogens is 421 g/mol. The van der Waals surface area contributed by atoms with Gasteiger partial charge in [-0.1, -0.05) is 58.5 Å². The molecule has 0 atom stereocenters. The Morgan fingerprint density at radius 1 is 1.04 bits per heavy atom. The quantitative estimate of drug-likeness (QED) is 0.431. The number of hydrogen-bond acceptors (Lipinski definition) is 2. The number of nitrogens with zero attached hydrogens (tertiary/aromatic N) is 1. The van der Waals surface area contributed by atoms with Crippen LogP contribution in [0, 0.1) is 6.92 Å². The van der Waals surface area contributed by atoms with Crippen molar-refractivity contribution in [1.82, 2.24) is 4.57 Å². The molecule has 0 N–H and O–H groups in total. The lowest BCUT2D eigenvalue weighted by molar-refractivity contribution is 0.574. The van der Waals surface area contributed by atoms with Gasteiger partial charge in [-0.15, -0.1) is 0 Å². The molecule has 0 spiro atoms. The van der Waals surface area contributed by atoms with E-state index >= 15 is 0 Å². The lowest BCUT2D eigenvalue weighted by Gasteiger charge is -2.11. The molecule has 0 aliphatic carbocycles. The smallest absolute Gasteiger partial charge is 0.222 e. The Labute approximate surface area is 150 Å². The molecule has 0 saturated heterocycles. The Balaban J connectivity index is 2.19. The highest BCUT2D eigenvalue weighted by atomic mass is 127. The Hall–Kier alpha value is -1.34. The molecule has 1 heterocycles. The molecule has 0 saturated carbocycles. The zero-order valence-electron chi connectivity index (χ0n) is 12.9. The van der Waals surface area contributed by atoms with Gasteiger partial charge in [-0.25, -0.2) is 8.42 Å². The summed E-state index contributed by atoms with van der Waals surface area (Å²) < 4.78 is 29.1. The Bertz CT molecular complexity index is 927. The average Bonchev–Trinajstić information content (AvgIpc) is 2.93. The number of aryl methyl sites for hydroxylation is 2. The molecule has 0 bridgehead atoms. The summed E-state index contributed by atoms with van der Waals surface area (Å²) >= 11 is 2.32. The van der Waals surface area contributed by atoms with Crippen LogP contribution in [0.2, 0.25) is 0 Å². The minimum Gasteiger partial charge on any atom is -0.331 e. The second-order valence-corrected chi connectivity index (χ2v) is 8.53. The second-order valence-electron chi connectivity index (χ2n) is 5.55. The number of aromatic nitrogens is 1. The van der Waals surface area contributed by atoms with Crippen molar-refractivity contribution in [2.24, 2.45) is 0 Å². The maximum atomic E-state index is 13.1. The first-order chi connectivity index (χ1) is 11.0. The van der Waals surface area contributed by atoms with E-state index in [9.17, 15) is 8.42 Å². The molecule has 3 nitrogen and oxygen atoms in total. The number of alkyl halides is 1. The highest BCUT2D eigenvalue weighted by molar-refractivity contribution is 14.1. The minimum absolute atomic E-state index is 0.349. The molecule has 0 unspecified atom stereocenters. The zero-order chi connectivity index (χ0) is 16.4. The molecule has 0 fully saturated rings. The number of fused-ring (bicyclic) bond motifs is 1. The molecule has 3 rings (SSSR count). The van der Waals surface area contributed by atoms with Crippen LogP contribution in [-0.4, -0.2) is 17.4 Å². The predicted octanol–water partition coefficient (Wildman–Crippen LogP) is 4.61.